The fourth-order valence-electron chi connectivity index (χ4n) is 1.99. The zero-order valence-corrected chi connectivity index (χ0v) is 11.7. The van der Waals surface area contributed by atoms with E-state index in [1.54, 1.807) is 7.11 Å². The Morgan fingerprint density at radius 2 is 1.75 bits per heavy atom. The first-order valence-electron chi connectivity index (χ1n) is 6.27. The zero-order valence-electron chi connectivity index (χ0n) is 11.7. The van der Waals surface area contributed by atoms with Gasteiger partial charge in [-0.3, -0.25) is 0 Å². The molecule has 1 N–H and O–H groups in total. The van der Waals surface area contributed by atoms with Crippen molar-refractivity contribution in [3.05, 3.63) is 53.3 Å². The first kappa shape index (κ1) is 13.9. The molecule has 0 saturated carbocycles. The first-order chi connectivity index (χ1) is 9.51. The summed E-state index contributed by atoms with van der Waals surface area (Å²) in [6.07, 6.45) is 0. The molecule has 2 rings (SSSR count). The Balaban J connectivity index is 2.52. The van der Waals surface area contributed by atoms with Crippen LogP contribution in [0.3, 0.4) is 0 Å². The number of ether oxygens (including phenoxy) is 1. The Hall–Kier alpha value is -2.51. The molecule has 0 bridgehead atoms. The fraction of sp³-hybridized carbons (Fsp3) is 0.176. The third-order valence-electron chi connectivity index (χ3n) is 3.18. The summed E-state index contributed by atoms with van der Waals surface area (Å²) in [6, 6.07) is 11.8. The molecule has 3 nitrogen and oxygen atoms in total. The maximum absolute atomic E-state index is 10.8. The molecule has 0 fully saturated rings. The predicted octanol–water partition coefficient (Wildman–Crippen LogP) is 3.88. The Kier molecular flexibility index (Phi) is 3.92. The van der Waals surface area contributed by atoms with Gasteiger partial charge in [0.25, 0.3) is 0 Å². The number of fused-ring (bicyclic) bond motifs is 1. The summed E-state index contributed by atoms with van der Waals surface area (Å²) >= 11 is 0. The van der Waals surface area contributed by atoms with Gasteiger partial charge in [-0.15, -0.1) is 5.73 Å². The molecule has 0 spiro atoms. The summed E-state index contributed by atoms with van der Waals surface area (Å²) in [6.45, 7) is 3.40. The van der Waals surface area contributed by atoms with E-state index >= 15 is 0 Å². The molecule has 3 heteroatoms. The van der Waals surface area contributed by atoms with Crippen molar-refractivity contribution in [1.29, 1.82) is 0 Å². The average molecular weight is 268 g/mol. The summed E-state index contributed by atoms with van der Waals surface area (Å²) in [7, 11) is 1.64. The highest BCUT2D eigenvalue weighted by Gasteiger charge is 2.02. The normalized spacial score (nSPS) is 9.95. The molecule has 0 aliphatic carbocycles. The summed E-state index contributed by atoms with van der Waals surface area (Å²) in [5.41, 5.74) is 4.87. The third-order valence-corrected chi connectivity index (χ3v) is 3.18. The molecule has 0 saturated heterocycles. The van der Waals surface area contributed by atoms with Gasteiger partial charge in [-0.2, -0.15) is 0 Å². The van der Waals surface area contributed by atoms with E-state index in [-0.39, 0.29) is 5.57 Å². The maximum atomic E-state index is 10.8. The standard InChI is InChI=1S/C17H16O3/c1-11(8-12(2)17(18)19)13-4-5-15-10-16(20-3)7-6-14(15)9-13/h4-7,9-10H,1-3H3,(H,18,19). The van der Waals surface area contributed by atoms with Crippen LogP contribution in [0.4, 0.5) is 0 Å². The number of hydrogen-bond acceptors (Lipinski definition) is 2. The fourth-order valence-corrected chi connectivity index (χ4v) is 1.99. The second kappa shape index (κ2) is 5.64. The van der Waals surface area contributed by atoms with Gasteiger partial charge < -0.3 is 9.84 Å². The van der Waals surface area contributed by atoms with Crippen LogP contribution < -0.4 is 4.74 Å². The highest BCUT2D eigenvalue weighted by atomic mass is 16.5. The highest BCUT2D eigenvalue weighted by molar-refractivity contribution is 5.89. The summed E-state index contributed by atoms with van der Waals surface area (Å²) in [5.74, 6) is -0.131. The Bertz CT molecular complexity index is 735. The van der Waals surface area contributed by atoms with Gasteiger partial charge in [0.1, 0.15) is 5.75 Å². The van der Waals surface area contributed by atoms with Crippen LogP contribution in [-0.4, -0.2) is 18.2 Å². The Morgan fingerprint density at radius 3 is 2.40 bits per heavy atom. The van der Waals surface area contributed by atoms with Crippen LogP contribution in [0, 0.1) is 0 Å². The van der Waals surface area contributed by atoms with Gasteiger partial charge in [0.2, 0.25) is 0 Å². The second-order valence-electron chi connectivity index (χ2n) is 4.61. The molecule has 2 aromatic rings. The van der Waals surface area contributed by atoms with Gasteiger partial charge in [-0.1, -0.05) is 18.2 Å². The molecule has 0 amide bonds. The summed E-state index contributed by atoms with van der Waals surface area (Å²) < 4.78 is 5.19. The van der Waals surface area contributed by atoms with E-state index in [0.29, 0.717) is 0 Å². The SMILES string of the molecule is COc1ccc2cc(C(C)=C=C(C)C(=O)O)ccc2c1. The largest absolute Gasteiger partial charge is 0.497 e. The van der Waals surface area contributed by atoms with Crippen LogP contribution in [-0.2, 0) is 4.79 Å². The van der Waals surface area contributed by atoms with E-state index in [1.807, 2.05) is 43.3 Å². The van der Waals surface area contributed by atoms with E-state index in [4.69, 9.17) is 9.84 Å². The molecule has 0 heterocycles. The molecule has 0 atom stereocenters. The lowest BCUT2D eigenvalue weighted by Crippen LogP contribution is -1.94. The van der Waals surface area contributed by atoms with Crippen LogP contribution in [0.25, 0.3) is 16.3 Å². The molecule has 0 aromatic heterocycles. The third kappa shape index (κ3) is 2.90. The number of benzene rings is 2. The van der Waals surface area contributed by atoms with Crippen molar-refractivity contribution >= 4 is 22.3 Å². The van der Waals surface area contributed by atoms with E-state index in [1.165, 1.54) is 6.92 Å². The van der Waals surface area contributed by atoms with Gasteiger partial charge >= 0.3 is 5.97 Å². The second-order valence-corrected chi connectivity index (χ2v) is 4.61. The van der Waals surface area contributed by atoms with Gasteiger partial charge in [-0.25, -0.2) is 4.79 Å². The van der Waals surface area contributed by atoms with Crippen molar-refractivity contribution in [3.8, 4) is 5.75 Å². The summed E-state index contributed by atoms with van der Waals surface area (Å²) in [5, 5.41) is 11.0. The van der Waals surface area contributed by atoms with E-state index in [0.717, 1.165) is 27.7 Å². The Labute approximate surface area is 117 Å². The monoisotopic (exact) mass is 268 g/mol. The molecule has 20 heavy (non-hydrogen) atoms. The van der Waals surface area contributed by atoms with Crippen molar-refractivity contribution in [2.45, 2.75) is 13.8 Å². The minimum absolute atomic E-state index is 0.206. The van der Waals surface area contributed by atoms with Crippen molar-refractivity contribution in [3.63, 3.8) is 0 Å². The van der Waals surface area contributed by atoms with Crippen molar-refractivity contribution < 1.29 is 14.6 Å². The van der Waals surface area contributed by atoms with Crippen LogP contribution in [0.15, 0.2) is 47.7 Å². The van der Waals surface area contributed by atoms with Gasteiger partial charge in [0, 0.05) is 0 Å². The smallest absolute Gasteiger partial charge is 0.339 e. The van der Waals surface area contributed by atoms with E-state index in [2.05, 4.69) is 5.73 Å². The lowest BCUT2D eigenvalue weighted by atomic mass is 10.0. The molecule has 0 unspecified atom stereocenters. The van der Waals surface area contributed by atoms with Crippen LogP contribution in [0.2, 0.25) is 0 Å². The number of hydrogen-bond donors (Lipinski definition) is 1. The number of aliphatic carboxylic acids is 1. The average Bonchev–Trinajstić information content (AvgIpc) is 2.45. The number of carboxylic acids is 1. The molecule has 0 radical (unpaired) electrons. The Morgan fingerprint density at radius 1 is 1.10 bits per heavy atom. The minimum atomic E-state index is -0.949. The lowest BCUT2D eigenvalue weighted by Gasteiger charge is -2.05. The maximum Gasteiger partial charge on any atom is 0.339 e. The van der Waals surface area contributed by atoms with Crippen molar-refractivity contribution in [1.82, 2.24) is 0 Å². The first-order valence-corrected chi connectivity index (χ1v) is 6.27. The van der Waals surface area contributed by atoms with Gasteiger partial charge in [0.15, 0.2) is 0 Å². The lowest BCUT2D eigenvalue weighted by molar-refractivity contribution is -0.132. The van der Waals surface area contributed by atoms with Crippen LogP contribution >= 0.6 is 0 Å². The van der Waals surface area contributed by atoms with E-state index < -0.39 is 5.97 Å². The van der Waals surface area contributed by atoms with Crippen LogP contribution in [0.5, 0.6) is 5.75 Å². The number of rotatable bonds is 3. The zero-order chi connectivity index (χ0) is 14.7. The molecular formula is C17H16O3. The van der Waals surface area contributed by atoms with Crippen molar-refractivity contribution in [2.75, 3.05) is 7.11 Å². The molecule has 0 aliphatic heterocycles. The molecule has 2 aromatic carbocycles. The minimum Gasteiger partial charge on any atom is -0.497 e. The number of carboxylic acid groups (broad SMARTS) is 1. The van der Waals surface area contributed by atoms with Gasteiger partial charge in [0.05, 0.1) is 12.7 Å². The number of methoxy groups -OCH3 is 1. The predicted molar refractivity (Wildman–Crippen MR) is 79.9 cm³/mol. The summed E-state index contributed by atoms with van der Waals surface area (Å²) in [4.78, 5) is 10.8. The van der Waals surface area contributed by atoms with Gasteiger partial charge in [-0.05, 0) is 54.0 Å². The quantitative estimate of drug-likeness (QED) is 0.678. The highest BCUT2D eigenvalue weighted by Crippen LogP contribution is 2.24. The molecular weight excluding hydrogens is 252 g/mol. The van der Waals surface area contributed by atoms with Crippen LogP contribution in [0.1, 0.15) is 19.4 Å². The van der Waals surface area contributed by atoms with E-state index in [9.17, 15) is 4.79 Å². The molecule has 0 aliphatic rings. The van der Waals surface area contributed by atoms with Crippen molar-refractivity contribution in [2.24, 2.45) is 0 Å². The molecule has 102 valence electrons. The number of carbonyl (C=O) groups is 1. The topological polar surface area (TPSA) is 46.5 Å².